The summed E-state index contributed by atoms with van der Waals surface area (Å²) >= 11 is 0. The summed E-state index contributed by atoms with van der Waals surface area (Å²) in [5.41, 5.74) is 9.82. The number of amides is 2. The highest BCUT2D eigenvalue weighted by Gasteiger charge is 2.45. The van der Waals surface area contributed by atoms with Crippen molar-refractivity contribution in [3.8, 4) is 22.6 Å². The summed E-state index contributed by atoms with van der Waals surface area (Å²) in [6.07, 6.45) is -0.190. The van der Waals surface area contributed by atoms with Crippen molar-refractivity contribution >= 4 is 23.2 Å². The fourth-order valence-electron chi connectivity index (χ4n) is 7.28. The monoisotopic (exact) mass is 700 g/mol. The van der Waals surface area contributed by atoms with Crippen LogP contribution in [0.3, 0.4) is 0 Å². The maximum absolute atomic E-state index is 13.4. The van der Waals surface area contributed by atoms with Crippen LogP contribution in [0.25, 0.3) is 11.1 Å². The lowest BCUT2D eigenvalue weighted by Gasteiger charge is -2.34. The van der Waals surface area contributed by atoms with E-state index in [0.29, 0.717) is 35.7 Å². The molecule has 6 nitrogen and oxygen atoms in total. The Labute approximate surface area is 311 Å². The van der Waals surface area contributed by atoms with E-state index in [0.717, 1.165) is 22.3 Å². The third kappa shape index (κ3) is 7.05. The van der Waals surface area contributed by atoms with Gasteiger partial charge < -0.3 is 20.1 Å². The minimum atomic E-state index is -0.640. The van der Waals surface area contributed by atoms with Crippen molar-refractivity contribution in [3.05, 3.63) is 179 Å². The van der Waals surface area contributed by atoms with Crippen molar-refractivity contribution < 1.29 is 19.1 Å². The van der Waals surface area contributed by atoms with E-state index in [1.165, 1.54) is 22.3 Å². The first-order chi connectivity index (χ1) is 25.8. The molecule has 0 heterocycles. The van der Waals surface area contributed by atoms with Crippen LogP contribution >= 0.6 is 0 Å². The van der Waals surface area contributed by atoms with Crippen LogP contribution in [0.1, 0.15) is 60.1 Å². The number of aryl methyl sites for hydroxylation is 2. The average Bonchev–Trinajstić information content (AvgIpc) is 3.49. The standard InChI is InChI=1S/C47H44N2O4/c1-5-43(52-37-27-15-31(3)16-28-37)45(50)48-35-23-19-33(20-24-35)47(41-13-9-7-11-39(41)40-12-8-10-14-42(40)47)34-21-25-36(26-22-34)49-46(51)44(6-2)53-38-29-17-32(4)18-30-38/h7-30,43-44H,5-6H2,1-4H3,(H,48,50)(H,49,51). The Hall–Kier alpha value is -6.14. The lowest BCUT2D eigenvalue weighted by molar-refractivity contribution is -0.123. The van der Waals surface area contributed by atoms with Gasteiger partial charge >= 0.3 is 0 Å². The lowest BCUT2D eigenvalue weighted by Crippen LogP contribution is -2.32. The molecular formula is C47H44N2O4. The second-order valence-corrected chi connectivity index (χ2v) is 13.6. The zero-order valence-corrected chi connectivity index (χ0v) is 30.6. The number of benzene rings is 6. The molecule has 6 aromatic carbocycles. The van der Waals surface area contributed by atoms with Crippen molar-refractivity contribution in [2.75, 3.05) is 10.6 Å². The number of carbonyl (C=O) groups excluding carboxylic acids is 2. The van der Waals surface area contributed by atoms with Gasteiger partial charge in [0, 0.05) is 11.4 Å². The number of hydrogen-bond donors (Lipinski definition) is 2. The number of rotatable bonds is 12. The van der Waals surface area contributed by atoms with Crippen molar-refractivity contribution in [2.24, 2.45) is 0 Å². The molecule has 2 amide bonds. The lowest BCUT2D eigenvalue weighted by atomic mass is 9.67. The molecule has 2 N–H and O–H groups in total. The minimum Gasteiger partial charge on any atom is -0.481 e. The van der Waals surface area contributed by atoms with E-state index in [2.05, 4.69) is 83.4 Å². The summed E-state index contributed by atoms with van der Waals surface area (Å²) < 4.78 is 12.1. The van der Waals surface area contributed by atoms with Crippen molar-refractivity contribution in [3.63, 3.8) is 0 Å². The Morgan fingerprint density at radius 1 is 0.509 bits per heavy atom. The Kier molecular flexibility index (Phi) is 10.1. The highest BCUT2D eigenvalue weighted by Crippen LogP contribution is 2.56. The van der Waals surface area contributed by atoms with Gasteiger partial charge in [-0.2, -0.15) is 0 Å². The fourth-order valence-corrected chi connectivity index (χ4v) is 7.28. The Morgan fingerprint density at radius 2 is 0.868 bits per heavy atom. The summed E-state index contributed by atoms with van der Waals surface area (Å²) in [5.74, 6) is 0.943. The molecule has 0 saturated carbocycles. The van der Waals surface area contributed by atoms with Crippen LogP contribution in [0.5, 0.6) is 11.5 Å². The molecule has 0 spiro atoms. The third-order valence-corrected chi connectivity index (χ3v) is 10.0. The number of anilines is 2. The molecule has 266 valence electrons. The molecule has 0 aromatic heterocycles. The molecule has 0 radical (unpaired) electrons. The topological polar surface area (TPSA) is 76.7 Å². The Bertz CT molecular complexity index is 2050. The molecule has 1 aliphatic carbocycles. The van der Waals surface area contributed by atoms with Crippen molar-refractivity contribution in [1.82, 2.24) is 0 Å². The first kappa shape index (κ1) is 35.3. The second kappa shape index (κ2) is 15.2. The molecule has 2 unspecified atom stereocenters. The molecule has 0 fully saturated rings. The predicted molar refractivity (Wildman–Crippen MR) is 213 cm³/mol. The third-order valence-electron chi connectivity index (χ3n) is 10.0. The Morgan fingerprint density at radius 3 is 1.23 bits per heavy atom. The molecule has 2 atom stereocenters. The molecule has 0 aliphatic heterocycles. The van der Waals surface area contributed by atoms with Gasteiger partial charge in [-0.3, -0.25) is 9.59 Å². The van der Waals surface area contributed by atoms with Crippen LogP contribution in [0, 0.1) is 13.8 Å². The quantitative estimate of drug-likeness (QED) is 0.133. The number of ether oxygens (including phenoxy) is 2. The molecular weight excluding hydrogens is 657 g/mol. The second-order valence-electron chi connectivity index (χ2n) is 13.6. The number of fused-ring (bicyclic) bond motifs is 3. The van der Waals surface area contributed by atoms with Gasteiger partial charge in [-0.1, -0.05) is 122 Å². The minimum absolute atomic E-state index is 0.195. The normalized spacial score (nSPS) is 13.6. The number of nitrogens with one attached hydrogen (secondary N) is 2. The van der Waals surface area contributed by atoms with Crippen LogP contribution < -0.4 is 20.1 Å². The van der Waals surface area contributed by atoms with Crippen LogP contribution in [-0.4, -0.2) is 24.0 Å². The molecule has 6 aromatic rings. The average molecular weight is 701 g/mol. The molecule has 0 saturated heterocycles. The summed E-state index contributed by atoms with van der Waals surface area (Å²) in [4.78, 5) is 26.7. The summed E-state index contributed by atoms with van der Waals surface area (Å²) in [7, 11) is 0. The van der Waals surface area contributed by atoms with Crippen molar-refractivity contribution in [1.29, 1.82) is 0 Å². The van der Waals surface area contributed by atoms with Gasteiger partial charge in [-0.15, -0.1) is 0 Å². The van der Waals surface area contributed by atoms with Gasteiger partial charge in [0.05, 0.1) is 5.41 Å². The van der Waals surface area contributed by atoms with E-state index in [1.807, 2.05) is 100 Å². The van der Waals surface area contributed by atoms with Gasteiger partial charge in [-0.05, 0) is 109 Å². The van der Waals surface area contributed by atoms with Crippen LogP contribution in [0.15, 0.2) is 146 Å². The van der Waals surface area contributed by atoms with E-state index in [1.54, 1.807) is 0 Å². The van der Waals surface area contributed by atoms with E-state index < -0.39 is 17.6 Å². The van der Waals surface area contributed by atoms with Gasteiger partial charge in [0.25, 0.3) is 11.8 Å². The Balaban J connectivity index is 1.18. The van der Waals surface area contributed by atoms with Gasteiger partial charge in [0.2, 0.25) is 0 Å². The van der Waals surface area contributed by atoms with Gasteiger partial charge in [0.15, 0.2) is 12.2 Å². The molecule has 6 heteroatoms. The number of carbonyl (C=O) groups is 2. The van der Waals surface area contributed by atoms with E-state index >= 15 is 0 Å². The van der Waals surface area contributed by atoms with Crippen LogP contribution in [-0.2, 0) is 15.0 Å². The summed E-state index contributed by atoms with van der Waals surface area (Å²) in [6, 6.07) is 48.8. The summed E-state index contributed by atoms with van der Waals surface area (Å²) in [6.45, 7) is 7.92. The van der Waals surface area contributed by atoms with Gasteiger partial charge in [0.1, 0.15) is 11.5 Å². The smallest absolute Gasteiger partial charge is 0.265 e. The highest BCUT2D eigenvalue weighted by atomic mass is 16.5. The molecule has 7 rings (SSSR count). The SMILES string of the molecule is CCC(Oc1ccc(C)cc1)C(=O)Nc1ccc(C2(c3ccc(NC(=O)C(CC)Oc4ccc(C)cc4)cc3)c3ccccc3-c3ccccc32)cc1. The van der Waals surface area contributed by atoms with Crippen LogP contribution in [0.2, 0.25) is 0 Å². The van der Waals surface area contributed by atoms with Crippen molar-refractivity contribution in [2.45, 2.75) is 58.2 Å². The molecule has 1 aliphatic rings. The fraction of sp³-hybridized carbons (Fsp3) is 0.191. The number of hydrogen-bond acceptors (Lipinski definition) is 4. The van der Waals surface area contributed by atoms with E-state index in [-0.39, 0.29) is 11.8 Å². The molecule has 0 bridgehead atoms. The predicted octanol–water partition coefficient (Wildman–Crippen LogP) is 10.3. The highest BCUT2D eigenvalue weighted by molar-refractivity contribution is 5.95. The van der Waals surface area contributed by atoms with E-state index in [4.69, 9.17) is 9.47 Å². The summed E-state index contributed by atoms with van der Waals surface area (Å²) in [5, 5.41) is 6.15. The zero-order valence-electron chi connectivity index (χ0n) is 30.6. The zero-order chi connectivity index (χ0) is 37.0. The maximum atomic E-state index is 13.4. The first-order valence-electron chi connectivity index (χ1n) is 18.3. The largest absolute Gasteiger partial charge is 0.481 e. The van der Waals surface area contributed by atoms with Crippen LogP contribution in [0.4, 0.5) is 11.4 Å². The van der Waals surface area contributed by atoms with Gasteiger partial charge in [-0.25, -0.2) is 0 Å². The van der Waals surface area contributed by atoms with E-state index in [9.17, 15) is 9.59 Å². The first-order valence-corrected chi connectivity index (χ1v) is 18.3. The molecule has 53 heavy (non-hydrogen) atoms. The maximum Gasteiger partial charge on any atom is 0.265 e.